The van der Waals surface area contributed by atoms with Crippen LogP contribution in [0.3, 0.4) is 0 Å². The van der Waals surface area contributed by atoms with E-state index in [1.165, 1.54) is 302 Å². The summed E-state index contributed by atoms with van der Waals surface area (Å²) >= 11 is 0. The van der Waals surface area contributed by atoms with Gasteiger partial charge in [-0.1, -0.05) is 360 Å². The summed E-state index contributed by atoms with van der Waals surface area (Å²) in [7, 11) is 0. The number of esters is 3. The first-order valence-electron chi connectivity index (χ1n) is 35.2. The number of carbonyl (C=O) groups excluding carboxylic acids is 3. The number of hydrogen-bond donors (Lipinski definition) is 0. The zero-order chi connectivity index (χ0) is 55.7. The Hall–Kier alpha value is -1.85. The van der Waals surface area contributed by atoms with Crippen molar-refractivity contribution in [1.82, 2.24) is 0 Å². The summed E-state index contributed by atoms with van der Waals surface area (Å²) in [6.07, 6.45) is 79.7. The normalized spacial score (nSPS) is 12.0. The summed E-state index contributed by atoms with van der Waals surface area (Å²) < 4.78 is 17.0. The average molecular weight is 1090 g/mol. The highest BCUT2D eigenvalue weighted by Crippen LogP contribution is 2.19. The van der Waals surface area contributed by atoms with Crippen molar-refractivity contribution in [3.63, 3.8) is 0 Å². The van der Waals surface area contributed by atoms with Gasteiger partial charge in [-0.3, -0.25) is 14.4 Å². The molecule has 0 heterocycles. The molecule has 0 aromatic heterocycles. The highest BCUT2D eigenvalue weighted by Gasteiger charge is 2.19. The molecule has 0 amide bonds. The van der Waals surface area contributed by atoms with Crippen molar-refractivity contribution in [2.24, 2.45) is 0 Å². The Kier molecular flexibility index (Phi) is 65.1. The average Bonchev–Trinajstić information content (AvgIpc) is 3.43. The predicted molar refractivity (Wildman–Crippen MR) is 335 cm³/mol. The van der Waals surface area contributed by atoms with E-state index >= 15 is 0 Å². The van der Waals surface area contributed by atoms with Crippen LogP contribution in [-0.2, 0) is 28.6 Å². The minimum Gasteiger partial charge on any atom is -0.462 e. The maximum atomic E-state index is 12.9. The third kappa shape index (κ3) is 64.9. The van der Waals surface area contributed by atoms with Gasteiger partial charge in [-0.05, 0) is 38.5 Å². The van der Waals surface area contributed by atoms with Crippen molar-refractivity contribution in [3.8, 4) is 0 Å². The molecule has 456 valence electrons. The first kappa shape index (κ1) is 75.2. The van der Waals surface area contributed by atoms with Crippen LogP contribution in [0.15, 0.2) is 12.2 Å². The number of allylic oxidation sites excluding steroid dienone is 2. The maximum Gasteiger partial charge on any atom is 0.306 e. The van der Waals surface area contributed by atoms with Crippen LogP contribution in [0, 0.1) is 0 Å². The summed E-state index contributed by atoms with van der Waals surface area (Å²) in [5.74, 6) is -0.843. The molecule has 0 saturated carbocycles. The third-order valence-electron chi connectivity index (χ3n) is 16.3. The molecule has 0 aliphatic carbocycles. The number of ether oxygens (including phenoxy) is 3. The molecule has 0 saturated heterocycles. The van der Waals surface area contributed by atoms with Gasteiger partial charge in [0.2, 0.25) is 0 Å². The Morgan fingerprint density at radius 3 is 0.688 bits per heavy atom. The molecule has 1 atom stereocenters. The van der Waals surface area contributed by atoms with Gasteiger partial charge in [0, 0.05) is 19.3 Å². The first-order valence-corrected chi connectivity index (χ1v) is 35.2. The summed E-state index contributed by atoms with van der Waals surface area (Å²) in [4.78, 5) is 38.3. The summed E-state index contributed by atoms with van der Waals surface area (Å²) in [6.45, 7) is 6.68. The lowest BCUT2D eigenvalue weighted by Crippen LogP contribution is -2.30. The number of hydrogen-bond acceptors (Lipinski definition) is 6. The van der Waals surface area contributed by atoms with Crippen LogP contribution in [0.25, 0.3) is 0 Å². The quantitative estimate of drug-likeness (QED) is 0.0261. The third-order valence-corrected chi connectivity index (χ3v) is 16.3. The number of unbranched alkanes of at least 4 members (excludes halogenated alkanes) is 53. The van der Waals surface area contributed by atoms with Crippen LogP contribution >= 0.6 is 0 Å². The molecule has 0 aliphatic rings. The van der Waals surface area contributed by atoms with Gasteiger partial charge >= 0.3 is 17.9 Å². The molecule has 6 nitrogen and oxygen atoms in total. The fraction of sp³-hybridized carbons (Fsp3) is 0.930. The van der Waals surface area contributed by atoms with Crippen molar-refractivity contribution in [3.05, 3.63) is 12.2 Å². The second kappa shape index (κ2) is 66.7. The first-order chi connectivity index (χ1) is 38.0. The Morgan fingerprint density at radius 2 is 0.442 bits per heavy atom. The van der Waals surface area contributed by atoms with E-state index in [0.29, 0.717) is 19.3 Å². The lowest BCUT2D eigenvalue weighted by Gasteiger charge is -2.18. The van der Waals surface area contributed by atoms with Gasteiger partial charge in [0.1, 0.15) is 13.2 Å². The summed E-state index contributed by atoms with van der Waals surface area (Å²) in [6, 6.07) is 0. The topological polar surface area (TPSA) is 78.9 Å². The monoisotopic (exact) mass is 1090 g/mol. The maximum absolute atomic E-state index is 12.9. The van der Waals surface area contributed by atoms with Crippen molar-refractivity contribution in [2.75, 3.05) is 13.2 Å². The minimum atomic E-state index is -0.769. The van der Waals surface area contributed by atoms with Crippen LogP contribution in [0.5, 0.6) is 0 Å². The van der Waals surface area contributed by atoms with Gasteiger partial charge in [-0.25, -0.2) is 0 Å². The van der Waals surface area contributed by atoms with Crippen LogP contribution in [0.2, 0.25) is 0 Å². The lowest BCUT2D eigenvalue weighted by molar-refractivity contribution is -0.167. The molecule has 0 spiro atoms. The zero-order valence-electron chi connectivity index (χ0n) is 52.5. The van der Waals surface area contributed by atoms with Crippen molar-refractivity contribution < 1.29 is 28.6 Å². The molecule has 0 fully saturated rings. The Morgan fingerprint density at radius 1 is 0.247 bits per heavy atom. The molecule has 0 aliphatic heterocycles. The fourth-order valence-corrected chi connectivity index (χ4v) is 11.0. The molecule has 0 N–H and O–H groups in total. The van der Waals surface area contributed by atoms with Crippen molar-refractivity contribution in [1.29, 1.82) is 0 Å². The van der Waals surface area contributed by atoms with Crippen LogP contribution in [0.4, 0.5) is 0 Å². The van der Waals surface area contributed by atoms with Gasteiger partial charge < -0.3 is 14.2 Å². The van der Waals surface area contributed by atoms with Gasteiger partial charge in [0.05, 0.1) is 0 Å². The molecule has 0 bridgehead atoms. The van der Waals surface area contributed by atoms with Gasteiger partial charge in [-0.2, -0.15) is 0 Å². The molecule has 6 heteroatoms. The van der Waals surface area contributed by atoms with Crippen molar-refractivity contribution in [2.45, 2.75) is 412 Å². The molecular formula is C71H136O6. The van der Waals surface area contributed by atoms with Gasteiger partial charge in [0.15, 0.2) is 6.10 Å². The summed E-state index contributed by atoms with van der Waals surface area (Å²) in [5, 5.41) is 0. The van der Waals surface area contributed by atoms with E-state index in [2.05, 4.69) is 32.9 Å². The highest BCUT2D eigenvalue weighted by atomic mass is 16.6. The molecular weight excluding hydrogens is 949 g/mol. The second-order valence-corrected chi connectivity index (χ2v) is 24.2. The van der Waals surface area contributed by atoms with E-state index in [0.717, 1.165) is 64.2 Å². The standard InChI is InChI=1S/C71H136O6/c1-4-7-10-13-16-19-22-24-26-28-30-32-34-35-36-37-39-40-42-44-46-49-52-55-58-61-64-70(73)76-67-68(66-75-69(72)63-60-57-54-51-48-21-18-15-12-9-6-3)77-71(74)65-62-59-56-53-50-47-45-43-41-38-33-31-29-27-25-23-20-17-14-11-8-5-2/h15,18,68H,4-14,16-17,19-67H2,1-3H3/b18-15-. The van der Waals surface area contributed by atoms with Crippen LogP contribution in [0.1, 0.15) is 406 Å². The zero-order valence-corrected chi connectivity index (χ0v) is 52.5. The molecule has 1 unspecified atom stereocenters. The molecule has 0 aromatic rings. The van der Waals surface area contributed by atoms with Gasteiger partial charge in [0.25, 0.3) is 0 Å². The van der Waals surface area contributed by atoms with E-state index in [1.54, 1.807) is 0 Å². The Bertz CT molecular complexity index is 1200. The van der Waals surface area contributed by atoms with E-state index in [1.807, 2.05) is 0 Å². The lowest BCUT2D eigenvalue weighted by atomic mass is 10.0. The van der Waals surface area contributed by atoms with Crippen LogP contribution < -0.4 is 0 Å². The highest BCUT2D eigenvalue weighted by molar-refractivity contribution is 5.71. The minimum absolute atomic E-state index is 0.0659. The van der Waals surface area contributed by atoms with Crippen LogP contribution in [-0.4, -0.2) is 37.2 Å². The van der Waals surface area contributed by atoms with E-state index in [-0.39, 0.29) is 31.1 Å². The number of carbonyl (C=O) groups is 3. The summed E-state index contributed by atoms with van der Waals surface area (Å²) in [5.41, 5.74) is 0. The van der Waals surface area contributed by atoms with Gasteiger partial charge in [-0.15, -0.1) is 0 Å². The fourth-order valence-electron chi connectivity index (χ4n) is 11.0. The Balaban J connectivity index is 4.14. The largest absolute Gasteiger partial charge is 0.462 e. The van der Waals surface area contributed by atoms with E-state index in [4.69, 9.17) is 14.2 Å². The van der Waals surface area contributed by atoms with Crippen molar-refractivity contribution >= 4 is 17.9 Å². The molecule has 0 rings (SSSR count). The predicted octanol–water partition coefficient (Wildman–Crippen LogP) is 24.0. The Labute approximate surface area is 481 Å². The number of rotatable bonds is 66. The molecule has 77 heavy (non-hydrogen) atoms. The van der Waals surface area contributed by atoms with E-state index < -0.39 is 6.10 Å². The van der Waals surface area contributed by atoms with E-state index in [9.17, 15) is 14.4 Å². The molecule has 0 aromatic carbocycles. The second-order valence-electron chi connectivity index (χ2n) is 24.2. The SMILES string of the molecule is CCCC/C=C\CCCCCCCC(=O)OCC(COC(=O)CCCCCCCCCCCCCCCCCCCCCCCCCCCC)OC(=O)CCCCCCCCCCCCCCCCCCCCCCCC. The molecule has 0 radical (unpaired) electrons. The smallest absolute Gasteiger partial charge is 0.306 e.